The van der Waals surface area contributed by atoms with E-state index in [9.17, 15) is 5.11 Å². The number of hydrogen-bond donors (Lipinski definition) is 1. The van der Waals surface area contributed by atoms with Gasteiger partial charge < -0.3 is 14.6 Å². The maximum Gasteiger partial charge on any atom is 0.214 e. The van der Waals surface area contributed by atoms with Gasteiger partial charge in [0.25, 0.3) is 0 Å². The van der Waals surface area contributed by atoms with Crippen LogP contribution in [0.1, 0.15) is 35.4 Å². The second kappa shape index (κ2) is 6.60. The van der Waals surface area contributed by atoms with Crippen molar-refractivity contribution in [2.75, 3.05) is 7.11 Å². The first-order valence-corrected chi connectivity index (χ1v) is 9.28. The van der Waals surface area contributed by atoms with Gasteiger partial charge in [0.15, 0.2) is 0 Å². The van der Waals surface area contributed by atoms with E-state index in [4.69, 9.17) is 14.6 Å². The minimum atomic E-state index is -0.363. The minimum absolute atomic E-state index is 0.0516. The van der Waals surface area contributed by atoms with E-state index in [0.717, 1.165) is 33.9 Å². The molecule has 2 atom stereocenters. The van der Waals surface area contributed by atoms with Crippen molar-refractivity contribution in [3.63, 3.8) is 0 Å². The summed E-state index contributed by atoms with van der Waals surface area (Å²) in [4.78, 5) is 0. The van der Waals surface area contributed by atoms with Crippen LogP contribution in [0.15, 0.2) is 77.9 Å². The molecule has 5 nitrogen and oxygen atoms in total. The Labute approximate surface area is 163 Å². The number of aromatic hydroxyl groups is 1. The van der Waals surface area contributed by atoms with Gasteiger partial charge in [-0.3, -0.25) is 0 Å². The van der Waals surface area contributed by atoms with Crippen molar-refractivity contribution in [1.29, 1.82) is 0 Å². The zero-order valence-electron chi connectivity index (χ0n) is 15.4. The summed E-state index contributed by atoms with van der Waals surface area (Å²) in [6.45, 7) is 0. The van der Waals surface area contributed by atoms with Crippen LogP contribution < -0.4 is 9.47 Å². The van der Waals surface area contributed by atoms with Crippen LogP contribution in [0, 0.1) is 0 Å². The fraction of sp³-hybridized carbons (Fsp3) is 0.174. The molecule has 3 aromatic rings. The molecule has 140 valence electrons. The largest absolute Gasteiger partial charge is 0.507 e. The molecule has 2 heterocycles. The molecule has 3 aromatic carbocycles. The number of methoxy groups -OCH3 is 1. The standard InChI is InChI=1S/C23H20N2O3/c1-27-16-8-6-7-15(13-16)23-25-20(18-10-3-5-12-22(18)28-23)14-19(24-25)17-9-2-4-11-21(17)26/h2-13,20,23,26H,14H2,1H3. The lowest BCUT2D eigenvalue weighted by Crippen LogP contribution is -2.33. The van der Waals surface area contributed by atoms with Crippen LogP contribution >= 0.6 is 0 Å². The fourth-order valence-electron chi connectivity index (χ4n) is 3.93. The molecule has 0 bridgehead atoms. The van der Waals surface area contributed by atoms with Crippen LogP contribution in [0.2, 0.25) is 0 Å². The van der Waals surface area contributed by atoms with E-state index in [1.807, 2.05) is 65.7 Å². The molecular formula is C23H20N2O3. The summed E-state index contributed by atoms with van der Waals surface area (Å²) >= 11 is 0. The molecule has 0 spiro atoms. The number of hydrogen-bond acceptors (Lipinski definition) is 5. The van der Waals surface area contributed by atoms with E-state index in [1.54, 1.807) is 13.2 Å². The molecule has 0 aliphatic carbocycles. The molecule has 2 unspecified atom stereocenters. The zero-order chi connectivity index (χ0) is 19.1. The highest BCUT2D eigenvalue weighted by Crippen LogP contribution is 2.48. The first kappa shape index (κ1) is 16.7. The summed E-state index contributed by atoms with van der Waals surface area (Å²) in [5.41, 5.74) is 3.70. The third-order valence-corrected chi connectivity index (χ3v) is 5.29. The molecule has 0 saturated carbocycles. The van der Waals surface area contributed by atoms with Gasteiger partial charge in [-0.25, -0.2) is 5.01 Å². The van der Waals surface area contributed by atoms with Crippen LogP contribution in [-0.4, -0.2) is 22.9 Å². The first-order valence-electron chi connectivity index (χ1n) is 9.28. The highest BCUT2D eigenvalue weighted by molar-refractivity contribution is 6.04. The number of fused-ring (bicyclic) bond motifs is 3. The summed E-state index contributed by atoms with van der Waals surface area (Å²) in [6.07, 6.45) is 0.344. The van der Waals surface area contributed by atoms with Gasteiger partial charge in [-0.15, -0.1) is 0 Å². The number of nitrogens with zero attached hydrogens (tertiary/aromatic N) is 2. The Morgan fingerprint density at radius 2 is 1.86 bits per heavy atom. The number of benzene rings is 3. The highest BCUT2D eigenvalue weighted by atomic mass is 16.5. The van der Waals surface area contributed by atoms with Gasteiger partial charge in [0.1, 0.15) is 17.2 Å². The Morgan fingerprint density at radius 3 is 2.71 bits per heavy atom. The second-order valence-electron chi connectivity index (χ2n) is 6.95. The molecule has 1 N–H and O–H groups in total. The highest BCUT2D eigenvalue weighted by Gasteiger charge is 2.41. The van der Waals surface area contributed by atoms with Crippen molar-refractivity contribution in [3.05, 3.63) is 89.5 Å². The predicted octanol–water partition coefficient (Wildman–Crippen LogP) is 4.64. The number of rotatable bonds is 3. The normalized spacial score (nSPS) is 20.0. The topological polar surface area (TPSA) is 54.3 Å². The SMILES string of the molecule is COc1cccc(C2Oc3ccccc3C3CC(c4ccccc4O)=NN32)c1. The fourth-order valence-corrected chi connectivity index (χ4v) is 3.93. The monoisotopic (exact) mass is 372 g/mol. The van der Waals surface area contributed by atoms with Gasteiger partial charge in [-0.1, -0.05) is 42.5 Å². The number of phenolic OH excluding ortho intramolecular Hbond substituents is 1. The predicted molar refractivity (Wildman–Crippen MR) is 107 cm³/mol. The number of phenols is 1. The van der Waals surface area contributed by atoms with E-state index in [2.05, 4.69) is 6.07 Å². The van der Waals surface area contributed by atoms with E-state index in [1.165, 1.54) is 0 Å². The van der Waals surface area contributed by atoms with Crippen molar-refractivity contribution >= 4 is 5.71 Å². The van der Waals surface area contributed by atoms with Gasteiger partial charge in [0, 0.05) is 23.1 Å². The molecule has 2 aliphatic rings. The van der Waals surface area contributed by atoms with Crippen LogP contribution in [0.5, 0.6) is 17.2 Å². The van der Waals surface area contributed by atoms with Crippen molar-refractivity contribution in [3.8, 4) is 17.2 Å². The lowest BCUT2D eigenvalue weighted by atomic mass is 9.95. The Kier molecular flexibility index (Phi) is 3.93. The third kappa shape index (κ3) is 2.67. The number of ether oxygens (including phenoxy) is 2. The van der Waals surface area contributed by atoms with E-state index in [0.29, 0.717) is 6.42 Å². The molecule has 28 heavy (non-hydrogen) atoms. The Balaban J connectivity index is 1.61. The molecule has 5 heteroatoms. The molecule has 5 rings (SSSR count). The van der Waals surface area contributed by atoms with Crippen LogP contribution in [-0.2, 0) is 0 Å². The van der Waals surface area contributed by atoms with E-state index < -0.39 is 0 Å². The van der Waals surface area contributed by atoms with Crippen molar-refractivity contribution in [1.82, 2.24) is 5.01 Å². The van der Waals surface area contributed by atoms with Gasteiger partial charge in [-0.2, -0.15) is 5.10 Å². The van der Waals surface area contributed by atoms with Gasteiger partial charge >= 0.3 is 0 Å². The lowest BCUT2D eigenvalue weighted by Gasteiger charge is -2.38. The van der Waals surface area contributed by atoms with E-state index >= 15 is 0 Å². The average Bonchev–Trinajstić information content (AvgIpc) is 3.19. The molecule has 2 aliphatic heterocycles. The van der Waals surface area contributed by atoms with Gasteiger partial charge in [0.2, 0.25) is 6.23 Å². The maximum absolute atomic E-state index is 10.3. The van der Waals surface area contributed by atoms with Crippen molar-refractivity contribution in [2.45, 2.75) is 18.7 Å². The summed E-state index contributed by atoms with van der Waals surface area (Å²) in [5, 5.41) is 17.2. The molecule has 0 radical (unpaired) electrons. The summed E-state index contributed by atoms with van der Waals surface area (Å²) in [6, 6.07) is 23.3. The number of hydrazone groups is 1. The average molecular weight is 372 g/mol. The molecule has 0 aromatic heterocycles. The lowest BCUT2D eigenvalue weighted by molar-refractivity contribution is -0.0191. The number of para-hydroxylation sites is 2. The first-order chi connectivity index (χ1) is 13.7. The van der Waals surface area contributed by atoms with Gasteiger partial charge in [0.05, 0.1) is 18.9 Å². The molecule has 0 fully saturated rings. The zero-order valence-corrected chi connectivity index (χ0v) is 15.4. The summed E-state index contributed by atoms with van der Waals surface area (Å²) < 4.78 is 11.7. The maximum atomic E-state index is 10.3. The van der Waals surface area contributed by atoms with Crippen LogP contribution in [0.25, 0.3) is 0 Å². The Hall–Kier alpha value is -3.47. The third-order valence-electron chi connectivity index (χ3n) is 5.29. The Morgan fingerprint density at radius 1 is 1.04 bits per heavy atom. The van der Waals surface area contributed by atoms with Crippen LogP contribution in [0.4, 0.5) is 0 Å². The van der Waals surface area contributed by atoms with E-state index in [-0.39, 0.29) is 18.0 Å². The molecular weight excluding hydrogens is 352 g/mol. The van der Waals surface area contributed by atoms with Gasteiger partial charge in [-0.05, 0) is 30.3 Å². The second-order valence-corrected chi connectivity index (χ2v) is 6.95. The molecule has 0 saturated heterocycles. The van der Waals surface area contributed by atoms with Crippen LogP contribution in [0.3, 0.4) is 0 Å². The van der Waals surface area contributed by atoms with Crippen molar-refractivity contribution in [2.24, 2.45) is 5.10 Å². The Bertz CT molecular complexity index is 1060. The smallest absolute Gasteiger partial charge is 0.214 e. The minimum Gasteiger partial charge on any atom is -0.507 e. The quantitative estimate of drug-likeness (QED) is 0.728. The van der Waals surface area contributed by atoms with Crippen molar-refractivity contribution < 1.29 is 14.6 Å². The molecule has 0 amide bonds. The summed E-state index contributed by atoms with van der Waals surface area (Å²) in [5.74, 6) is 1.89. The summed E-state index contributed by atoms with van der Waals surface area (Å²) in [7, 11) is 1.66.